The van der Waals surface area contributed by atoms with E-state index < -0.39 is 0 Å². The number of nitrogens with zero attached hydrogens (tertiary/aromatic N) is 3. The van der Waals surface area contributed by atoms with E-state index in [-0.39, 0.29) is 17.7 Å². The fraction of sp³-hybridized carbons (Fsp3) is 0.562. The summed E-state index contributed by atoms with van der Waals surface area (Å²) in [6, 6.07) is 0. The van der Waals surface area contributed by atoms with Gasteiger partial charge >= 0.3 is 0 Å². The van der Waals surface area contributed by atoms with Crippen molar-refractivity contribution in [2.45, 2.75) is 33.7 Å². The van der Waals surface area contributed by atoms with Crippen molar-refractivity contribution in [2.75, 3.05) is 13.1 Å². The van der Waals surface area contributed by atoms with Gasteiger partial charge in [0.2, 0.25) is 11.8 Å². The smallest absolute Gasteiger partial charge is 0.246 e. The molecule has 1 aromatic heterocycles. The summed E-state index contributed by atoms with van der Waals surface area (Å²) in [6.45, 7) is 7.72. The zero-order valence-corrected chi connectivity index (χ0v) is 14.5. The highest BCUT2D eigenvalue weighted by molar-refractivity contribution is 6.31. The van der Waals surface area contributed by atoms with E-state index in [9.17, 15) is 9.59 Å². The van der Waals surface area contributed by atoms with Crippen LogP contribution in [0.25, 0.3) is 6.08 Å². The van der Waals surface area contributed by atoms with Gasteiger partial charge in [0.1, 0.15) is 5.15 Å². The van der Waals surface area contributed by atoms with Gasteiger partial charge in [-0.1, -0.05) is 25.4 Å². The van der Waals surface area contributed by atoms with Crippen LogP contribution >= 0.6 is 11.6 Å². The van der Waals surface area contributed by atoms with Crippen molar-refractivity contribution in [3.05, 3.63) is 22.5 Å². The number of hydrogen-bond donors (Lipinski definition) is 1. The maximum atomic E-state index is 12.2. The minimum absolute atomic E-state index is 0.138. The van der Waals surface area contributed by atoms with Crippen molar-refractivity contribution in [1.29, 1.82) is 0 Å². The fourth-order valence-electron chi connectivity index (χ4n) is 2.68. The first kappa shape index (κ1) is 17.5. The van der Waals surface area contributed by atoms with Crippen LogP contribution in [0.4, 0.5) is 0 Å². The van der Waals surface area contributed by atoms with Crippen LogP contribution in [0.3, 0.4) is 0 Å². The van der Waals surface area contributed by atoms with Crippen LogP contribution in [0.15, 0.2) is 6.08 Å². The number of hydrogen-bond acceptors (Lipinski definition) is 3. The first-order valence-electron chi connectivity index (χ1n) is 7.78. The molecular formula is C16H23ClN4O2. The van der Waals surface area contributed by atoms with E-state index in [0.717, 1.165) is 17.8 Å². The minimum atomic E-state index is -0.349. The number of carbonyl (C=O) groups excluding carboxylic acids is 2. The van der Waals surface area contributed by atoms with E-state index >= 15 is 0 Å². The second-order valence-electron chi connectivity index (χ2n) is 6.37. The van der Waals surface area contributed by atoms with Gasteiger partial charge in [-0.05, 0) is 25.3 Å². The topological polar surface area (TPSA) is 81.2 Å². The Morgan fingerprint density at radius 2 is 2.17 bits per heavy atom. The zero-order chi connectivity index (χ0) is 17.1. The van der Waals surface area contributed by atoms with Gasteiger partial charge < -0.3 is 10.6 Å². The van der Waals surface area contributed by atoms with Crippen molar-refractivity contribution in [3.8, 4) is 0 Å². The van der Waals surface area contributed by atoms with E-state index in [4.69, 9.17) is 17.3 Å². The summed E-state index contributed by atoms with van der Waals surface area (Å²) in [7, 11) is 0. The lowest BCUT2D eigenvalue weighted by Gasteiger charge is -2.13. The Balaban J connectivity index is 2.07. The number of primary amides is 1. The molecule has 0 aliphatic carbocycles. The molecule has 0 aromatic carbocycles. The first-order chi connectivity index (χ1) is 10.8. The van der Waals surface area contributed by atoms with E-state index in [1.165, 1.54) is 6.08 Å². The lowest BCUT2D eigenvalue weighted by atomic mass is 10.1. The molecule has 2 N–H and O–H groups in total. The summed E-state index contributed by atoms with van der Waals surface area (Å²) in [5.41, 5.74) is 6.83. The van der Waals surface area contributed by atoms with E-state index in [2.05, 4.69) is 18.9 Å². The monoisotopic (exact) mass is 338 g/mol. The SMILES string of the molecule is Cc1nn(CC(C)C)c(Cl)c1/C=C\C(=O)N1CC[C@@H](C(N)=O)C1. The van der Waals surface area contributed by atoms with Crippen LogP contribution in [0.5, 0.6) is 0 Å². The largest absolute Gasteiger partial charge is 0.369 e. The molecule has 2 amide bonds. The second-order valence-corrected chi connectivity index (χ2v) is 6.73. The number of aromatic nitrogens is 2. The summed E-state index contributed by atoms with van der Waals surface area (Å²) < 4.78 is 1.75. The van der Waals surface area contributed by atoms with Gasteiger partial charge in [-0.2, -0.15) is 5.10 Å². The van der Waals surface area contributed by atoms with Crippen LogP contribution in [0.2, 0.25) is 5.15 Å². The predicted molar refractivity (Wildman–Crippen MR) is 89.7 cm³/mol. The average molecular weight is 339 g/mol. The molecule has 1 aromatic rings. The second kappa shape index (κ2) is 7.17. The van der Waals surface area contributed by atoms with Crippen molar-refractivity contribution >= 4 is 29.5 Å². The minimum Gasteiger partial charge on any atom is -0.369 e. The molecule has 0 saturated carbocycles. The number of nitrogens with two attached hydrogens (primary N) is 1. The fourth-order valence-corrected chi connectivity index (χ4v) is 2.98. The summed E-state index contributed by atoms with van der Waals surface area (Å²) in [4.78, 5) is 25.0. The number of aryl methyl sites for hydroxylation is 1. The van der Waals surface area contributed by atoms with E-state index in [0.29, 0.717) is 30.6 Å². The Hall–Kier alpha value is -1.82. The van der Waals surface area contributed by atoms with Crippen LogP contribution in [-0.4, -0.2) is 39.6 Å². The van der Waals surface area contributed by atoms with Gasteiger partial charge in [-0.25, -0.2) is 0 Å². The maximum absolute atomic E-state index is 12.2. The lowest BCUT2D eigenvalue weighted by molar-refractivity contribution is -0.125. The van der Waals surface area contributed by atoms with Crippen molar-refractivity contribution < 1.29 is 9.59 Å². The number of amides is 2. The Labute approximate surface area is 141 Å². The van der Waals surface area contributed by atoms with Crippen LogP contribution in [-0.2, 0) is 16.1 Å². The van der Waals surface area contributed by atoms with Crippen molar-refractivity contribution in [2.24, 2.45) is 17.6 Å². The van der Waals surface area contributed by atoms with Gasteiger partial charge in [0, 0.05) is 31.3 Å². The summed E-state index contributed by atoms with van der Waals surface area (Å²) in [5.74, 6) is -0.300. The van der Waals surface area contributed by atoms with Crippen molar-refractivity contribution in [1.82, 2.24) is 14.7 Å². The van der Waals surface area contributed by atoms with E-state index in [1.54, 1.807) is 15.7 Å². The highest BCUT2D eigenvalue weighted by Crippen LogP contribution is 2.23. The van der Waals surface area contributed by atoms with Gasteiger partial charge in [0.15, 0.2) is 0 Å². The van der Waals surface area contributed by atoms with Crippen LogP contribution < -0.4 is 5.73 Å². The molecular weight excluding hydrogens is 316 g/mol. The third kappa shape index (κ3) is 4.13. The molecule has 1 fully saturated rings. The third-order valence-corrected chi connectivity index (χ3v) is 4.34. The average Bonchev–Trinajstić information content (AvgIpc) is 3.04. The molecule has 1 saturated heterocycles. The Morgan fingerprint density at radius 3 is 2.74 bits per heavy atom. The van der Waals surface area contributed by atoms with E-state index in [1.807, 2.05) is 6.92 Å². The first-order valence-corrected chi connectivity index (χ1v) is 8.16. The van der Waals surface area contributed by atoms with Gasteiger partial charge in [-0.15, -0.1) is 0 Å². The molecule has 23 heavy (non-hydrogen) atoms. The quantitative estimate of drug-likeness (QED) is 0.832. The third-order valence-electron chi connectivity index (χ3n) is 3.94. The summed E-state index contributed by atoms with van der Waals surface area (Å²) in [5, 5.41) is 4.95. The molecule has 2 heterocycles. The molecule has 0 bridgehead atoms. The molecule has 126 valence electrons. The normalized spacial score (nSPS) is 18.3. The number of rotatable bonds is 5. The van der Waals surface area contributed by atoms with Gasteiger partial charge in [0.25, 0.3) is 0 Å². The Morgan fingerprint density at radius 1 is 1.48 bits per heavy atom. The van der Waals surface area contributed by atoms with Gasteiger partial charge in [0.05, 0.1) is 11.6 Å². The lowest BCUT2D eigenvalue weighted by Crippen LogP contribution is -2.30. The molecule has 1 aliphatic rings. The standard InChI is InChI=1S/C16H23ClN4O2/c1-10(2)8-21-15(17)13(11(3)19-21)4-5-14(22)20-7-6-12(9-20)16(18)23/h4-5,10,12H,6-9H2,1-3H3,(H2,18,23)/b5-4-/t12-/m1/s1. The molecule has 1 atom stereocenters. The maximum Gasteiger partial charge on any atom is 0.246 e. The molecule has 0 spiro atoms. The molecule has 2 rings (SSSR count). The van der Waals surface area contributed by atoms with Crippen LogP contribution in [0, 0.1) is 18.8 Å². The van der Waals surface area contributed by atoms with Gasteiger partial charge in [-0.3, -0.25) is 14.3 Å². The molecule has 6 nitrogen and oxygen atoms in total. The number of halogens is 1. The Bertz CT molecular complexity index is 636. The van der Waals surface area contributed by atoms with Crippen LogP contribution in [0.1, 0.15) is 31.5 Å². The zero-order valence-electron chi connectivity index (χ0n) is 13.8. The molecule has 1 aliphatic heterocycles. The molecule has 0 unspecified atom stereocenters. The predicted octanol–water partition coefficient (Wildman–Crippen LogP) is 1.85. The van der Waals surface area contributed by atoms with Crippen molar-refractivity contribution in [3.63, 3.8) is 0 Å². The molecule has 7 heteroatoms. The number of carbonyl (C=O) groups is 2. The summed E-state index contributed by atoms with van der Waals surface area (Å²) >= 11 is 6.34. The Kier molecular flexibility index (Phi) is 5.46. The number of likely N-dealkylation sites (tertiary alicyclic amines) is 1. The highest BCUT2D eigenvalue weighted by atomic mass is 35.5. The highest BCUT2D eigenvalue weighted by Gasteiger charge is 2.28. The molecule has 0 radical (unpaired) electrons. The summed E-state index contributed by atoms with van der Waals surface area (Å²) in [6.07, 6.45) is 3.81.